The third-order valence-corrected chi connectivity index (χ3v) is 4.86. The Morgan fingerprint density at radius 3 is 2.81 bits per heavy atom. The lowest BCUT2D eigenvalue weighted by Crippen LogP contribution is -2.11. The van der Waals surface area contributed by atoms with Crippen molar-refractivity contribution in [3.8, 4) is 11.8 Å². The van der Waals surface area contributed by atoms with Crippen LogP contribution in [0.5, 0.6) is 5.88 Å². The van der Waals surface area contributed by atoms with Crippen LogP contribution in [0.3, 0.4) is 0 Å². The topological polar surface area (TPSA) is 96.9 Å². The van der Waals surface area contributed by atoms with Crippen molar-refractivity contribution in [2.75, 3.05) is 13.7 Å². The first kappa shape index (κ1) is 20.5. The van der Waals surface area contributed by atoms with Crippen LogP contribution in [0.4, 0.5) is 4.39 Å². The van der Waals surface area contributed by atoms with Gasteiger partial charge in [-0.25, -0.2) is 18.9 Å². The van der Waals surface area contributed by atoms with E-state index in [1.165, 1.54) is 36.3 Å². The van der Waals surface area contributed by atoms with Gasteiger partial charge in [-0.2, -0.15) is 15.2 Å². The zero-order valence-corrected chi connectivity index (χ0v) is 17.5. The van der Waals surface area contributed by atoms with Crippen molar-refractivity contribution in [1.82, 2.24) is 29.5 Å². The van der Waals surface area contributed by atoms with Crippen molar-refractivity contribution < 1.29 is 18.7 Å². The van der Waals surface area contributed by atoms with Crippen LogP contribution >= 0.6 is 0 Å². The minimum Gasteiger partial charge on any atom is -0.479 e. The van der Waals surface area contributed by atoms with Crippen LogP contribution in [-0.4, -0.2) is 49.2 Å². The molecule has 3 aromatic heterocycles. The largest absolute Gasteiger partial charge is 0.479 e. The number of benzene rings is 1. The Morgan fingerprint density at radius 2 is 2.10 bits per heavy atom. The molecule has 0 radical (unpaired) electrons. The fourth-order valence-corrected chi connectivity index (χ4v) is 3.33. The number of halogens is 1. The van der Waals surface area contributed by atoms with E-state index < -0.39 is 5.97 Å². The second kappa shape index (κ2) is 8.13. The summed E-state index contributed by atoms with van der Waals surface area (Å²) >= 11 is 0. The van der Waals surface area contributed by atoms with Crippen molar-refractivity contribution in [3.63, 3.8) is 0 Å². The molecule has 0 aliphatic heterocycles. The van der Waals surface area contributed by atoms with Crippen LogP contribution in [0.1, 0.15) is 41.5 Å². The Balaban J connectivity index is 1.81. The molecule has 0 saturated heterocycles. The monoisotopic (exact) mass is 424 g/mol. The molecule has 0 aliphatic rings. The van der Waals surface area contributed by atoms with E-state index in [1.807, 2.05) is 19.9 Å². The number of methoxy groups -OCH3 is 1. The molecule has 0 N–H and O–H groups in total. The number of nitrogens with zero attached hydrogens (tertiary/aromatic N) is 6. The molecule has 31 heavy (non-hydrogen) atoms. The van der Waals surface area contributed by atoms with Gasteiger partial charge in [-0.05, 0) is 38.5 Å². The third-order valence-electron chi connectivity index (χ3n) is 4.86. The molecule has 0 fully saturated rings. The summed E-state index contributed by atoms with van der Waals surface area (Å²) in [6, 6.07) is 6.07. The number of ether oxygens (including phenoxy) is 2. The maximum Gasteiger partial charge on any atom is 0.341 e. The summed E-state index contributed by atoms with van der Waals surface area (Å²) in [5.41, 5.74) is 2.84. The van der Waals surface area contributed by atoms with Crippen LogP contribution in [0.25, 0.3) is 17.0 Å². The van der Waals surface area contributed by atoms with E-state index in [9.17, 15) is 9.18 Å². The molecule has 1 atom stereocenters. The number of rotatable bonds is 6. The van der Waals surface area contributed by atoms with E-state index in [2.05, 4.69) is 20.2 Å². The molecule has 0 bridgehead atoms. The average molecular weight is 424 g/mol. The number of aryl methyl sites for hydroxylation is 1. The summed E-state index contributed by atoms with van der Waals surface area (Å²) in [5, 5.41) is 8.77. The molecule has 1 aromatic carbocycles. The normalized spacial score (nSPS) is 12.2. The zero-order chi connectivity index (χ0) is 22.1. The molecule has 0 unspecified atom stereocenters. The van der Waals surface area contributed by atoms with E-state index in [0.29, 0.717) is 16.7 Å². The highest BCUT2D eigenvalue weighted by atomic mass is 19.1. The van der Waals surface area contributed by atoms with Crippen LogP contribution in [0, 0.1) is 12.7 Å². The van der Waals surface area contributed by atoms with E-state index in [0.717, 1.165) is 5.56 Å². The lowest BCUT2D eigenvalue weighted by molar-refractivity contribution is 0.0526. The van der Waals surface area contributed by atoms with Crippen molar-refractivity contribution in [3.05, 3.63) is 59.3 Å². The van der Waals surface area contributed by atoms with Crippen LogP contribution in [0.15, 0.2) is 36.7 Å². The molecule has 0 spiro atoms. The summed E-state index contributed by atoms with van der Waals surface area (Å²) in [5.74, 6) is -0.285. The van der Waals surface area contributed by atoms with Crippen LogP contribution in [0.2, 0.25) is 0 Å². The Hall–Kier alpha value is -3.82. The highest BCUT2D eigenvalue weighted by Gasteiger charge is 2.22. The minimum absolute atomic E-state index is 0.223. The van der Waals surface area contributed by atoms with Crippen LogP contribution in [-0.2, 0) is 4.74 Å². The lowest BCUT2D eigenvalue weighted by Gasteiger charge is -2.15. The maximum absolute atomic E-state index is 13.7. The van der Waals surface area contributed by atoms with Crippen molar-refractivity contribution >= 4 is 17.0 Å². The SMILES string of the molecule is CCOC(=O)c1cnn(-c2nc(OC)c3c(n2)c(C)nn3[C@@H](C)c2cccc(F)c2)c1. The molecule has 4 aromatic rings. The van der Waals surface area contributed by atoms with Gasteiger partial charge in [-0.1, -0.05) is 12.1 Å². The summed E-state index contributed by atoms with van der Waals surface area (Å²) in [7, 11) is 1.50. The lowest BCUT2D eigenvalue weighted by atomic mass is 10.1. The molecule has 10 heteroatoms. The van der Waals surface area contributed by atoms with Crippen molar-refractivity contribution in [1.29, 1.82) is 0 Å². The fraction of sp³-hybridized carbons (Fsp3) is 0.286. The third kappa shape index (κ3) is 3.72. The number of aromatic nitrogens is 6. The summed E-state index contributed by atoms with van der Waals surface area (Å²) in [6.07, 6.45) is 2.88. The predicted octanol–water partition coefficient (Wildman–Crippen LogP) is 3.25. The van der Waals surface area contributed by atoms with E-state index in [4.69, 9.17) is 9.47 Å². The molecule has 0 aliphatic carbocycles. The number of fused-ring (bicyclic) bond motifs is 1. The summed E-state index contributed by atoms with van der Waals surface area (Å²) in [6.45, 7) is 5.73. The van der Waals surface area contributed by atoms with Gasteiger partial charge in [-0.15, -0.1) is 0 Å². The second-order valence-corrected chi connectivity index (χ2v) is 6.89. The number of hydrogen-bond donors (Lipinski definition) is 0. The molecule has 0 saturated carbocycles. The first-order valence-corrected chi connectivity index (χ1v) is 9.71. The Bertz CT molecular complexity index is 1270. The number of esters is 1. The van der Waals surface area contributed by atoms with Crippen molar-refractivity contribution in [2.24, 2.45) is 0 Å². The highest BCUT2D eigenvalue weighted by Crippen LogP contribution is 2.30. The Labute approximate surface area is 177 Å². The predicted molar refractivity (Wildman–Crippen MR) is 110 cm³/mol. The maximum atomic E-state index is 13.7. The van der Waals surface area contributed by atoms with Gasteiger partial charge < -0.3 is 9.47 Å². The van der Waals surface area contributed by atoms with Crippen molar-refractivity contribution in [2.45, 2.75) is 26.8 Å². The minimum atomic E-state index is -0.477. The number of hydrogen-bond acceptors (Lipinski definition) is 7. The molecule has 9 nitrogen and oxygen atoms in total. The molecule has 160 valence electrons. The second-order valence-electron chi connectivity index (χ2n) is 6.89. The van der Waals surface area contributed by atoms with E-state index in [1.54, 1.807) is 17.7 Å². The Kier molecular flexibility index (Phi) is 5.37. The number of carbonyl (C=O) groups is 1. The van der Waals surface area contributed by atoms with Gasteiger partial charge in [0.25, 0.3) is 5.95 Å². The van der Waals surface area contributed by atoms with Gasteiger partial charge in [-0.3, -0.25) is 4.68 Å². The summed E-state index contributed by atoms with van der Waals surface area (Å²) in [4.78, 5) is 21.0. The number of carbonyl (C=O) groups excluding carboxylic acids is 1. The smallest absolute Gasteiger partial charge is 0.341 e. The standard InChI is InChI=1S/C21H21FN6O3/c1-5-31-20(29)15-10-23-27(11-15)21-24-17-12(2)26-28(18(17)19(25-21)30-4)13(3)14-7-6-8-16(22)9-14/h6-11,13H,5H2,1-4H3/t13-/m0/s1. The zero-order valence-electron chi connectivity index (χ0n) is 17.5. The van der Waals surface area contributed by atoms with Gasteiger partial charge in [0.15, 0.2) is 0 Å². The fourth-order valence-electron chi connectivity index (χ4n) is 3.33. The van der Waals surface area contributed by atoms with Crippen LogP contribution < -0.4 is 4.74 Å². The van der Waals surface area contributed by atoms with Gasteiger partial charge in [0.2, 0.25) is 5.88 Å². The molecule has 0 amide bonds. The highest BCUT2D eigenvalue weighted by molar-refractivity contribution is 5.89. The first-order valence-electron chi connectivity index (χ1n) is 9.71. The average Bonchev–Trinajstić information content (AvgIpc) is 3.38. The molecular weight excluding hydrogens is 403 g/mol. The van der Waals surface area contributed by atoms with E-state index in [-0.39, 0.29) is 35.9 Å². The van der Waals surface area contributed by atoms with Gasteiger partial charge >= 0.3 is 5.97 Å². The van der Waals surface area contributed by atoms with Gasteiger partial charge in [0.1, 0.15) is 16.9 Å². The van der Waals surface area contributed by atoms with Gasteiger partial charge in [0, 0.05) is 6.20 Å². The van der Waals surface area contributed by atoms with Gasteiger partial charge in [0.05, 0.1) is 37.2 Å². The first-order chi connectivity index (χ1) is 14.9. The summed E-state index contributed by atoms with van der Waals surface area (Å²) < 4.78 is 27.3. The quantitative estimate of drug-likeness (QED) is 0.438. The Morgan fingerprint density at radius 1 is 1.29 bits per heavy atom. The molecule has 3 heterocycles. The molecule has 4 rings (SSSR count). The van der Waals surface area contributed by atoms with E-state index >= 15 is 0 Å². The molecular formula is C21H21FN6O3.